The van der Waals surface area contributed by atoms with Crippen molar-refractivity contribution < 1.29 is 14.3 Å². The lowest BCUT2D eigenvalue weighted by Crippen LogP contribution is -2.50. The molecule has 1 aromatic carbocycles. The Bertz CT molecular complexity index is 528. The molecule has 0 unspecified atom stereocenters. The summed E-state index contributed by atoms with van der Waals surface area (Å²) in [4.78, 5) is 27.7. The lowest BCUT2D eigenvalue weighted by Gasteiger charge is -2.34. The molecule has 7 heteroatoms. The van der Waals surface area contributed by atoms with E-state index in [0.717, 1.165) is 23.2 Å². The molecule has 0 atom stereocenters. The molecule has 1 N–H and O–H groups in total. The fourth-order valence-corrected chi connectivity index (χ4v) is 2.72. The Hall–Kier alpha value is -1.44. The van der Waals surface area contributed by atoms with Crippen molar-refractivity contribution in [3.63, 3.8) is 0 Å². The normalized spacial score (nSPS) is 15.5. The van der Waals surface area contributed by atoms with Crippen molar-refractivity contribution in [2.45, 2.75) is 6.42 Å². The molecule has 1 aliphatic heterocycles. The van der Waals surface area contributed by atoms with Gasteiger partial charge in [-0.2, -0.15) is 0 Å². The molecule has 1 heterocycles. The number of amides is 2. The van der Waals surface area contributed by atoms with Crippen LogP contribution < -0.4 is 5.32 Å². The number of ether oxygens (including phenoxy) is 1. The molecule has 6 nitrogen and oxygen atoms in total. The van der Waals surface area contributed by atoms with Crippen LogP contribution in [0.2, 0.25) is 0 Å². The summed E-state index contributed by atoms with van der Waals surface area (Å²) < 4.78 is 5.85. The first-order valence-corrected chi connectivity index (χ1v) is 8.42. The number of nitrogens with one attached hydrogen (secondary N) is 1. The summed E-state index contributed by atoms with van der Waals surface area (Å²) in [5.41, 5.74) is 0.799. The van der Waals surface area contributed by atoms with Gasteiger partial charge in [0.1, 0.15) is 6.61 Å². The third-order valence-corrected chi connectivity index (χ3v) is 4.30. The largest absolute Gasteiger partial charge is 0.375 e. The van der Waals surface area contributed by atoms with Gasteiger partial charge >= 0.3 is 0 Å². The predicted octanol–water partition coefficient (Wildman–Crippen LogP) is 1.57. The highest BCUT2D eigenvalue weighted by atomic mass is 79.9. The van der Waals surface area contributed by atoms with Crippen molar-refractivity contribution in [3.8, 4) is 0 Å². The zero-order valence-electron chi connectivity index (χ0n) is 13.3. The zero-order valence-corrected chi connectivity index (χ0v) is 14.8. The molecule has 0 aliphatic carbocycles. The van der Waals surface area contributed by atoms with Crippen LogP contribution in [0.3, 0.4) is 0 Å². The summed E-state index contributed by atoms with van der Waals surface area (Å²) in [6.45, 7) is 3.80. The summed E-state index contributed by atoms with van der Waals surface area (Å²) in [5.74, 6) is 0.0327. The van der Waals surface area contributed by atoms with Crippen LogP contribution in [0.5, 0.6) is 0 Å². The fourth-order valence-electron chi connectivity index (χ4n) is 2.45. The average Bonchev–Trinajstić information content (AvgIpc) is 2.56. The van der Waals surface area contributed by atoms with Crippen molar-refractivity contribution in [2.75, 3.05) is 51.8 Å². The Morgan fingerprint density at radius 1 is 1.17 bits per heavy atom. The molecular formula is C16H22BrN3O3. The summed E-state index contributed by atoms with van der Waals surface area (Å²) >= 11 is 3.36. The van der Waals surface area contributed by atoms with Gasteiger partial charge in [0.2, 0.25) is 11.8 Å². The highest BCUT2D eigenvalue weighted by Gasteiger charge is 2.20. The number of nitrogens with zero attached hydrogens (tertiary/aromatic N) is 2. The van der Waals surface area contributed by atoms with Crippen LogP contribution in [-0.2, 0) is 14.3 Å². The Morgan fingerprint density at radius 2 is 1.83 bits per heavy atom. The predicted molar refractivity (Wildman–Crippen MR) is 92.3 cm³/mol. The lowest BCUT2D eigenvalue weighted by atomic mass is 10.2. The molecule has 1 aromatic rings. The number of benzene rings is 1. The Labute approximate surface area is 144 Å². The number of halogens is 1. The second kappa shape index (κ2) is 9.00. The van der Waals surface area contributed by atoms with E-state index in [1.165, 1.54) is 7.11 Å². The van der Waals surface area contributed by atoms with Crippen LogP contribution in [0.4, 0.5) is 5.69 Å². The van der Waals surface area contributed by atoms with E-state index in [0.29, 0.717) is 26.1 Å². The van der Waals surface area contributed by atoms with Crippen molar-refractivity contribution in [1.29, 1.82) is 0 Å². The van der Waals surface area contributed by atoms with Gasteiger partial charge in [-0.25, -0.2) is 0 Å². The molecule has 2 amide bonds. The number of piperazine rings is 1. The van der Waals surface area contributed by atoms with Gasteiger partial charge in [0, 0.05) is 56.4 Å². The molecule has 0 spiro atoms. The monoisotopic (exact) mass is 383 g/mol. The lowest BCUT2D eigenvalue weighted by molar-refractivity contribution is -0.137. The molecule has 0 radical (unpaired) electrons. The van der Waals surface area contributed by atoms with E-state index in [9.17, 15) is 9.59 Å². The maximum Gasteiger partial charge on any atom is 0.248 e. The van der Waals surface area contributed by atoms with E-state index < -0.39 is 0 Å². The highest BCUT2D eigenvalue weighted by Crippen LogP contribution is 2.14. The number of anilines is 1. The number of hydrogen-bond donors (Lipinski definition) is 1. The van der Waals surface area contributed by atoms with Crippen molar-refractivity contribution >= 4 is 33.4 Å². The summed E-state index contributed by atoms with van der Waals surface area (Å²) in [7, 11) is 1.53. The van der Waals surface area contributed by atoms with Gasteiger partial charge in [0.05, 0.1) is 0 Å². The minimum absolute atomic E-state index is 0.00483. The van der Waals surface area contributed by atoms with Gasteiger partial charge in [-0.05, 0) is 24.3 Å². The molecule has 1 fully saturated rings. The number of carbonyl (C=O) groups is 2. The summed E-state index contributed by atoms with van der Waals surface area (Å²) in [6, 6.07) is 7.52. The van der Waals surface area contributed by atoms with Crippen LogP contribution in [0.15, 0.2) is 28.7 Å². The molecule has 0 aromatic heterocycles. The third kappa shape index (κ3) is 5.93. The second-order valence-corrected chi connectivity index (χ2v) is 6.38. The van der Waals surface area contributed by atoms with Gasteiger partial charge in [0.25, 0.3) is 0 Å². The van der Waals surface area contributed by atoms with Crippen LogP contribution >= 0.6 is 15.9 Å². The van der Waals surface area contributed by atoms with Gasteiger partial charge < -0.3 is 15.0 Å². The Morgan fingerprint density at radius 3 is 2.43 bits per heavy atom. The number of hydrogen-bond acceptors (Lipinski definition) is 4. The smallest absolute Gasteiger partial charge is 0.248 e. The first-order chi connectivity index (χ1) is 11.1. The van der Waals surface area contributed by atoms with Gasteiger partial charge in [0.15, 0.2) is 0 Å². The maximum absolute atomic E-state index is 12.0. The first kappa shape index (κ1) is 17.9. The van der Waals surface area contributed by atoms with Crippen LogP contribution in [-0.4, -0.2) is 68.1 Å². The SMILES string of the molecule is COCC(=O)N1CCN(CCC(=O)Nc2ccc(Br)cc2)CC1. The summed E-state index contributed by atoms with van der Waals surface area (Å²) in [5, 5.41) is 2.88. The molecule has 0 saturated carbocycles. The van der Waals surface area contributed by atoms with Gasteiger partial charge in [-0.15, -0.1) is 0 Å². The minimum Gasteiger partial charge on any atom is -0.375 e. The van der Waals surface area contributed by atoms with Crippen LogP contribution in [0, 0.1) is 0 Å². The molecule has 1 saturated heterocycles. The Balaban J connectivity index is 1.67. The van der Waals surface area contributed by atoms with Crippen molar-refractivity contribution in [1.82, 2.24) is 9.80 Å². The van der Waals surface area contributed by atoms with E-state index in [-0.39, 0.29) is 18.4 Å². The zero-order chi connectivity index (χ0) is 16.7. The molecule has 0 bridgehead atoms. The number of methoxy groups -OCH3 is 1. The summed E-state index contributed by atoms with van der Waals surface area (Å²) in [6.07, 6.45) is 0.447. The topological polar surface area (TPSA) is 61.9 Å². The van der Waals surface area contributed by atoms with E-state index in [1.807, 2.05) is 29.2 Å². The van der Waals surface area contributed by atoms with Gasteiger partial charge in [-0.1, -0.05) is 15.9 Å². The van der Waals surface area contributed by atoms with E-state index in [2.05, 4.69) is 26.1 Å². The van der Waals surface area contributed by atoms with E-state index in [4.69, 9.17) is 4.74 Å². The Kier molecular flexibility index (Phi) is 7.01. The number of carbonyl (C=O) groups excluding carboxylic acids is 2. The van der Waals surface area contributed by atoms with Crippen LogP contribution in [0.1, 0.15) is 6.42 Å². The molecule has 23 heavy (non-hydrogen) atoms. The fraction of sp³-hybridized carbons (Fsp3) is 0.500. The number of rotatable bonds is 6. The standard InChI is InChI=1S/C16H22BrN3O3/c1-23-12-16(22)20-10-8-19(9-11-20)7-6-15(21)18-14-4-2-13(17)3-5-14/h2-5H,6-12H2,1H3,(H,18,21). The molecule has 2 rings (SSSR count). The van der Waals surface area contributed by atoms with Crippen molar-refractivity contribution in [3.05, 3.63) is 28.7 Å². The van der Waals surface area contributed by atoms with E-state index in [1.54, 1.807) is 0 Å². The van der Waals surface area contributed by atoms with Gasteiger partial charge in [-0.3, -0.25) is 14.5 Å². The first-order valence-electron chi connectivity index (χ1n) is 7.63. The van der Waals surface area contributed by atoms with E-state index >= 15 is 0 Å². The highest BCUT2D eigenvalue weighted by molar-refractivity contribution is 9.10. The molecule has 126 valence electrons. The third-order valence-electron chi connectivity index (χ3n) is 3.78. The van der Waals surface area contributed by atoms with Crippen molar-refractivity contribution in [2.24, 2.45) is 0 Å². The van der Waals surface area contributed by atoms with Crippen LogP contribution in [0.25, 0.3) is 0 Å². The molecular weight excluding hydrogens is 362 g/mol. The minimum atomic E-state index is 0.00483. The quantitative estimate of drug-likeness (QED) is 0.809. The molecule has 1 aliphatic rings. The maximum atomic E-state index is 12.0. The average molecular weight is 384 g/mol. The second-order valence-electron chi connectivity index (χ2n) is 5.46.